The van der Waals surface area contributed by atoms with Crippen LogP contribution >= 0.6 is 0 Å². The van der Waals surface area contributed by atoms with Gasteiger partial charge in [0.15, 0.2) is 0 Å². The minimum atomic E-state index is -1.15. The molecule has 1 aromatic carbocycles. The minimum absolute atomic E-state index is 0.0857. The smallest absolute Gasteiger partial charge is 0.216 e. The van der Waals surface area contributed by atoms with E-state index in [1.807, 2.05) is 40.7 Å². The van der Waals surface area contributed by atoms with Gasteiger partial charge in [-0.3, -0.25) is 0 Å². The van der Waals surface area contributed by atoms with Crippen LogP contribution in [0.5, 0.6) is 5.88 Å². The van der Waals surface area contributed by atoms with Crippen molar-refractivity contribution in [1.29, 1.82) is 0 Å². The van der Waals surface area contributed by atoms with Crippen molar-refractivity contribution in [3.8, 4) is 5.88 Å². The molecule has 0 fully saturated rings. The van der Waals surface area contributed by atoms with E-state index in [0.29, 0.717) is 12.5 Å². The number of rotatable bonds is 6. The molecule has 2 atom stereocenters. The lowest BCUT2D eigenvalue weighted by molar-refractivity contribution is 0.291. The lowest BCUT2D eigenvalue weighted by Gasteiger charge is -2.22. The molecule has 1 heterocycles. The molecule has 136 valence electrons. The summed E-state index contributed by atoms with van der Waals surface area (Å²) in [5.41, 5.74) is 2.72. The summed E-state index contributed by atoms with van der Waals surface area (Å²) in [6, 6.07) is 8.08. The van der Waals surface area contributed by atoms with E-state index in [0.717, 1.165) is 16.7 Å². The predicted octanol–water partition coefficient (Wildman–Crippen LogP) is 4.22. The zero-order chi connectivity index (χ0) is 18.6. The van der Waals surface area contributed by atoms with Crippen LogP contribution in [-0.4, -0.2) is 13.9 Å². The number of aryl methyl sites for hydroxylation is 1. The zero-order valence-electron chi connectivity index (χ0n) is 15.3. The average molecular weight is 364 g/mol. The van der Waals surface area contributed by atoms with Gasteiger partial charge in [0, 0.05) is 17.8 Å². The summed E-state index contributed by atoms with van der Waals surface area (Å²) >= 11 is 0. The summed E-state index contributed by atoms with van der Waals surface area (Å²) < 4.78 is 33.6. The molecule has 0 aliphatic carbocycles. The van der Waals surface area contributed by atoms with Crippen molar-refractivity contribution in [3.63, 3.8) is 0 Å². The van der Waals surface area contributed by atoms with Crippen molar-refractivity contribution >= 4 is 11.0 Å². The molecule has 1 aromatic heterocycles. The van der Waals surface area contributed by atoms with E-state index in [1.165, 1.54) is 12.1 Å². The summed E-state index contributed by atoms with van der Waals surface area (Å²) in [5.74, 6) is 0.272. The lowest BCUT2D eigenvalue weighted by Crippen LogP contribution is -2.34. The Labute approximate surface area is 151 Å². The van der Waals surface area contributed by atoms with Crippen molar-refractivity contribution in [2.45, 2.75) is 52.0 Å². The van der Waals surface area contributed by atoms with Crippen LogP contribution in [0.2, 0.25) is 0 Å². The van der Waals surface area contributed by atoms with Crippen LogP contribution in [0.15, 0.2) is 36.5 Å². The molecule has 0 aliphatic rings. The third-order valence-corrected chi connectivity index (χ3v) is 5.36. The first-order chi connectivity index (χ1) is 11.7. The quantitative estimate of drug-likeness (QED) is 0.835. The minimum Gasteiger partial charge on any atom is -0.473 e. The second-order valence-corrected chi connectivity index (χ2v) is 9.02. The van der Waals surface area contributed by atoms with Gasteiger partial charge in [-0.15, -0.1) is 0 Å². The number of hydrogen-bond donors (Lipinski definition) is 1. The van der Waals surface area contributed by atoms with E-state index in [9.17, 15) is 8.60 Å². The van der Waals surface area contributed by atoms with E-state index in [1.54, 1.807) is 18.3 Å². The van der Waals surface area contributed by atoms with Crippen LogP contribution in [-0.2, 0) is 17.6 Å². The van der Waals surface area contributed by atoms with Gasteiger partial charge in [0.1, 0.15) is 12.4 Å². The van der Waals surface area contributed by atoms with Gasteiger partial charge >= 0.3 is 0 Å². The molecular formula is C19H25FN2O2S. The number of halogens is 1. The molecule has 1 N–H and O–H groups in total. The molecule has 0 saturated heterocycles. The second kappa shape index (κ2) is 8.06. The highest BCUT2D eigenvalue weighted by Crippen LogP contribution is 2.22. The van der Waals surface area contributed by atoms with E-state index < -0.39 is 11.0 Å². The van der Waals surface area contributed by atoms with Crippen LogP contribution in [0.4, 0.5) is 4.39 Å². The molecule has 0 spiro atoms. The first kappa shape index (κ1) is 19.5. The Morgan fingerprint density at radius 2 is 1.92 bits per heavy atom. The summed E-state index contributed by atoms with van der Waals surface area (Å²) in [6.07, 6.45) is 1.73. The highest BCUT2D eigenvalue weighted by atomic mass is 32.2. The molecule has 0 amide bonds. The highest BCUT2D eigenvalue weighted by molar-refractivity contribution is 7.84. The number of ether oxygens (including phenoxy) is 1. The van der Waals surface area contributed by atoms with Gasteiger partial charge in [-0.1, -0.05) is 12.1 Å². The largest absolute Gasteiger partial charge is 0.473 e. The van der Waals surface area contributed by atoms with Gasteiger partial charge in [0.2, 0.25) is 5.88 Å². The Bertz CT molecular complexity index is 742. The maximum atomic E-state index is 12.9. The number of aromatic nitrogens is 1. The Morgan fingerprint density at radius 1 is 1.28 bits per heavy atom. The monoisotopic (exact) mass is 364 g/mol. The first-order valence-corrected chi connectivity index (χ1v) is 9.33. The molecule has 4 nitrogen and oxygen atoms in total. The van der Waals surface area contributed by atoms with Crippen molar-refractivity contribution in [2.24, 2.45) is 0 Å². The third-order valence-electron chi connectivity index (χ3n) is 3.68. The first-order valence-electron chi connectivity index (χ1n) is 8.18. The number of benzene rings is 1. The van der Waals surface area contributed by atoms with Crippen molar-refractivity contribution < 1.29 is 13.3 Å². The van der Waals surface area contributed by atoms with Gasteiger partial charge in [0.25, 0.3) is 0 Å². The van der Waals surface area contributed by atoms with E-state index in [-0.39, 0.29) is 16.6 Å². The predicted molar refractivity (Wildman–Crippen MR) is 99.2 cm³/mol. The van der Waals surface area contributed by atoms with Crippen LogP contribution < -0.4 is 9.46 Å². The molecule has 0 saturated carbocycles. The van der Waals surface area contributed by atoms with Gasteiger partial charge in [0.05, 0.1) is 15.7 Å². The molecule has 25 heavy (non-hydrogen) atoms. The van der Waals surface area contributed by atoms with Crippen LogP contribution in [0.25, 0.3) is 0 Å². The fraction of sp³-hybridized carbons (Fsp3) is 0.421. The maximum Gasteiger partial charge on any atom is 0.216 e. The summed E-state index contributed by atoms with van der Waals surface area (Å²) in [4.78, 5) is 4.37. The van der Waals surface area contributed by atoms with Crippen LogP contribution in [0.1, 0.15) is 50.4 Å². The van der Waals surface area contributed by atoms with Crippen molar-refractivity contribution in [2.75, 3.05) is 0 Å². The van der Waals surface area contributed by atoms with E-state index in [4.69, 9.17) is 4.74 Å². The number of hydrogen-bond acceptors (Lipinski definition) is 3. The molecule has 0 aliphatic heterocycles. The molecule has 0 radical (unpaired) electrons. The topological polar surface area (TPSA) is 51.2 Å². The summed E-state index contributed by atoms with van der Waals surface area (Å²) in [7, 11) is -1.15. The van der Waals surface area contributed by atoms with Gasteiger partial charge < -0.3 is 4.74 Å². The van der Waals surface area contributed by atoms with Crippen molar-refractivity contribution in [1.82, 2.24) is 9.71 Å². The maximum absolute atomic E-state index is 12.9. The Balaban J connectivity index is 2.02. The Hall–Kier alpha value is -1.79. The number of pyridine rings is 1. The normalized spacial score (nSPS) is 14.2. The third kappa shape index (κ3) is 5.61. The van der Waals surface area contributed by atoms with Gasteiger partial charge in [-0.2, -0.15) is 0 Å². The van der Waals surface area contributed by atoms with E-state index in [2.05, 4.69) is 9.71 Å². The molecule has 6 heteroatoms. The average Bonchev–Trinajstić information content (AvgIpc) is 2.54. The lowest BCUT2D eigenvalue weighted by atomic mass is 10.1. The van der Waals surface area contributed by atoms with Crippen LogP contribution in [0, 0.1) is 12.7 Å². The standard InChI is InChI=1S/C19H25FN2O2S/c1-13-10-16(14(2)22-25(23)19(3,4)5)11-21-18(13)24-12-15-6-8-17(20)9-7-15/h6-11,14,22H,12H2,1-5H3/t14-,25?/m1/s1. The van der Waals surface area contributed by atoms with Gasteiger partial charge in [-0.05, 0) is 63.9 Å². The fourth-order valence-corrected chi connectivity index (χ4v) is 2.92. The molecule has 2 rings (SSSR count). The SMILES string of the molecule is Cc1cc([C@@H](C)NS(=O)C(C)(C)C)cnc1OCc1ccc(F)cc1. The number of nitrogens with zero attached hydrogens (tertiary/aromatic N) is 1. The van der Waals surface area contributed by atoms with Gasteiger partial charge in [-0.25, -0.2) is 18.3 Å². The van der Waals surface area contributed by atoms with Crippen molar-refractivity contribution in [3.05, 3.63) is 59.0 Å². The molecular weight excluding hydrogens is 339 g/mol. The summed E-state index contributed by atoms with van der Waals surface area (Å²) in [5, 5.41) is 0. The highest BCUT2D eigenvalue weighted by Gasteiger charge is 2.22. The summed E-state index contributed by atoms with van der Waals surface area (Å²) in [6.45, 7) is 9.99. The van der Waals surface area contributed by atoms with E-state index >= 15 is 0 Å². The zero-order valence-corrected chi connectivity index (χ0v) is 16.1. The Kier molecular flexibility index (Phi) is 6.30. The molecule has 0 bridgehead atoms. The molecule has 1 unspecified atom stereocenters. The molecule has 2 aromatic rings. The second-order valence-electron chi connectivity index (χ2n) is 7.03. The van der Waals surface area contributed by atoms with Crippen LogP contribution in [0.3, 0.4) is 0 Å². The Morgan fingerprint density at radius 3 is 2.48 bits per heavy atom. The fourth-order valence-electron chi connectivity index (χ4n) is 2.11. The number of nitrogens with one attached hydrogen (secondary N) is 1.